The van der Waals surface area contributed by atoms with E-state index in [1.807, 2.05) is 11.8 Å². The van der Waals surface area contributed by atoms with Crippen LogP contribution in [0.3, 0.4) is 0 Å². The van der Waals surface area contributed by atoms with Crippen molar-refractivity contribution in [3.63, 3.8) is 0 Å². The molecular formula is C17H27N3O3. The van der Waals surface area contributed by atoms with Crippen LogP contribution < -0.4 is 0 Å². The number of carbonyl (C=O) groups is 1. The van der Waals surface area contributed by atoms with Crippen LogP contribution in [-0.4, -0.2) is 59.1 Å². The quantitative estimate of drug-likeness (QED) is 0.830. The normalized spacial score (nSPS) is 25.7. The molecule has 2 saturated heterocycles. The van der Waals surface area contributed by atoms with Gasteiger partial charge in [0.25, 0.3) is 0 Å². The van der Waals surface area contributed by atoms with Crippen LogP contribution in [0, 0.1) is 6.92 Å². The highest BCUT2D eigenvalue weighted by Crippen LogP contribution is 2.21. The van der Waals surface area contributed by atoms with Gasteiger partial charge in [0.15, 0.2) is 0 Å². The van der Waals surface area contributed by atoms with Gasteiger partial charge in [0.2, 0.25) is 11.8 Å². The third-order valence-corrected chi connectivity index (χ3v) is 4.80. The first-order chi connectivity index (χ1) is 11.1. The summed E-state index contributed by atoms with van der Waals surface area (Å²) in [6, 6.07) is 0.239. The van der Waals surface area contributed by atoms with Crippen LogP contribution >= 0.6 is 0 Å². The van der Waals surface area contributed by atoms with Crippen LogP contribution in [0.1, 0.15) is 44.3 Å². The Morgan fingerprint density at radius 1 is 1.43 bits per heavy atom. The van der Waals surface area contributed by atoms with E-state index in [0.717, 1.165) is 44.8 Å². The van der Waals surface area contributed by atoms with Gasteiger partial charge in [-0.05, 0) is 32.6 Å². The smallest absolute Gasteiger partial charge is 0.220 e. The molecule has 0 aromatic carbocycles. The lowest BCUT2D eigenvalue weighted by Gasteiger charge is -2.29. The Bertz CT molecular complexity index is 525. The van der Waals surface area contributed by atoms with E-state index < -0.39 is 0 Å². The van der Waals surface area contributed by atoms with Gasteiger partial charge < -0.3 is 14.1 Å². The summed E-state index contributed by atoms with van der Waals surface area (Å²) < 4.78 is 11.4. The fourth-order valence-electron chi connectivity index (χ4n) is 3.59. The highest BCUT2D eigenvalue weighted by molar-refractivity contribution is 5.73. The van der Waals surface area contributed by atoms with Gasteiger partial charge in [0.1, 0.15) is 5.76 Å². The Morgan fingerprint density at radius 3 is 2.96 bits per heavy atom. The lowest BCUT2D eigenvalue weighted by Crippen LogP contribution is -2.41. The van der Waals surface area contributed by atoms with Crippen molar-refractivity contribution in [3.05, 3.63) is 17.8 Å². The lowest BCUT2D eigenvalue weighted by atomic mass is 10.1. The number of nitrogens with zero attached hydrogens (tertiary/aromatic N) is 3. The summed E-state index contributed by atoms with van der Waals surface area (Å²) in [7, 11) is 0. The fraction of sp³-hybridized carbons (Fsp3) is 0.765. The highest BCUT2D eigenvalue weighted by atomic mass is 16.5. The summed E-state index contributed by atoms with van der Waals surface area (Å²) in [6.45, 7) is 7.78. The van der Waals surface area contributed by atoms with Crippen molar-refractivity contribution in [2.45, 2.75) is 58.2 Å². The van der Waals surface area contributed by atoms with Crippen molar-refractivity contribution in [3.8, 4) is 0 Å². The van der Waals surface area contributed by atoms with E-state index in [2.05, 4.69) is 9.88 Å². The molecule has 0 radical (unpaired) electrons. The molecule has 2 atom stereocenters. The Labute approximate surface area is 137 Å². The SMILES string of the molecule is CC(=O)N(Cc1ncc(C)o1)[C@@H]1CCN(C[C@H]2CCCCO2)C1. The summed E-state index contributed by atoms with van der Waals surface area (Å²) in [6.07, 6.45) is 6.69. The van der Waals surface area contributed by atoms with E-state index >= 15 is 0 Å². The molecular weight excluding hydrogens is 294 g/mol. The molecule has 0 spiro atoms. The van der Waals surface area contributed by atoms with Crippen molar-refractivity contribution >= 4 is 5.91 Å². The van der Waals surface area contributed by atoms with Crippen molar-refractivity contribution in [1.29, 1.82) is 0 Å². The number of hydrogen-bond donors (Lipinski definition) is 0. The zero-order valence-corrected chi connectivity index (χ0v) is 14.2. The maximum Gasteiger partial charge on any atom is 0.220 e. The second kappa shape index (κ2) is 7.45. The molecule has 23 heavy (non-hydrogen) atoms. The molecule has 6 heteroatoms. The number of ether oxygens (including phenoxy) is 1. The third kappa shape index (κ3) is 4.32. The molecule has 2 fully saturated rings. The van der Waals surface area contributed by atoms with Crippen LogP contribution in [-0.2, 0) is 16.1 Å². The fourth-order valence-corrected chi connectivity index (χ4v) is 3.59. The predicted octanol–water partition coefficient (Wildman–Crippen LogP) is 1.97. The minimum atomic E-state index is 0.0848. The van der Waals surface area contributed by atoms with Crippen LogP contribution in [0.5, 0.6) is 0 Å². The van der Waals surface area contributed by atoms with Crippen LogP contribution in [0.4, 0.5) is 0 Å². The van der Waals surface area contributed by atoms with Gasteiger partial charge in [-0.1, -0.05) is 0 Å². The molecule has 0 unspecified atom stereocenters. The number of aromatic nitrogens is 1. The Kier molecular flexibility index (Phi) is 5.33. The first-order valence-corrected chi connectivity index (χ1v) is 8.64. The molecule has 0 bridgehead atoms. The molecule has 3 rings (SSSR count). The predicted molar refractivity (Wildman–Crippen MR) is 85.9 cm³/mol. The minimum Gasteiger partial charge on any atom is -0.444 e. The van der Waals surface area contributed by atoms with Gasteiger partial charge >= 0.3 is 0 Å². The number of oxazole rings is 1. The Balaban J connectivity index is 1.55. The zero-order valence-electron chi connectivity index (χ0n) is 14.2. The van der Waals surface area contributed by atoms with Gasteiger partial charge in [0.05, 0.1) is 18.8 Å². The first kappa shape index (κ1) is 16.5. The second-order valence-corrected chi connectivity index (χ2v) is 6.70. The molecule has 0 N–H and O–H groups in total. The van der Waals surface area contributed by atoms with E-state index in [9.17, 15) is 4.79 Å². The third-order valence-electron chi connectivity index (χ3n) is 4.80. The van der Waals surface area contributed by atoms with Crippen molar-refractivity contribution in [1.82, 2.24) is 14.8 Å². The number of aryl methyl sites for hydroxylation is 1. The summed E-state index contributed by atoms with van der Waals surface area (Å²) in [5.74, 6) is 1.49. The summed E-state index contributed by atoms with van der Waals surface area (Å²) in [5.41, 5.74) is 0. The van der Waals surface area contributed by atoms with Crippen molar-refractivity contribution < 1.29 is 13.9 Å². The zero-order chi connectivity index (χ0) is 16.2. The number of amides is 1. The van der Waals surface area contributed by atoms with E-state index in [1.54, 1.807) is 13.1 Å². The van der Waals surface area contributed by atoms with E-state index in [-0.39, 0.29) is 11.9 Å². The first-order valence-electron chi connectivity index (χ1n) is 8.64. The molecule has 0 saturated carbocycles. The highest BCUT2D eigenvalue weighted by Gasteiger charge is 2.31. The number of carbonyl (C=O) groups excluding carboxylic acids is 1. The lowest BCUT2D eigenvalue weighted by molar-refractivity contribution is -0.132. The van der Waals surface area contributed by atoms with Crippen LogP contribution in [0.15, 0.2) is 10.6 Å². The molecule has 1 aromatic rings. The molecule has 0 aliphatic carbocycles. The standard InChI is InChI=1S/C17H27N3O3/c1-13-9-18-17(23-13)12-20(14(2)21)15-6-7-19(10-15)11-16-5-3-4-8-22-16/h9,15-16H,3-8,10-12H2,1-2H3/t15-,16-/m1/s1. The number of rotatable bonds is 5. The largest absolute Gasteiger partial charge is 0.444 e. The molecule has 1 aromatic heterocycles. The van der Waals surface area contributed by atoms with Gasteiger partial charge in [-0.15, -0.1) is 0 Å². The van der Waals surface area contributed by atoms with Crippen LogP contribution in [0.2, 0.25) is 0 Å². The topological polar surface area (TPSA) is 58.8 Å². The second-order valence-electron chi connectivity index (χ2n) is 6.70. The minimum absolute atomic E-state index is 0.0848. The van der Waals surface area contributed by atoms with Crippen LogP contribution in [0.25, 0.3) is 0 Å². The molecule has 128 valence electrons. The Hall–Kier alpha value is -1.40. The molecule has 2 aliphatic rings. The van der Waals surface area contributed by atoms with Gasteiger partial charge in [0, 0.05) is 39.2 Å². The summed E-state index contributed by atoms with van der Waals surface area (Å²) >= 11 is 0. The van der Waals surface area contributed by atoms with Crippen molar-refractivity contribution in [2.75, 3.05) is 26.2 Å². The molecule has 2 aliphatic heterocycles. The van der Waals surface area contributed by atoms with E-state index in [1.165, 1.54) is 12.8 Å². The number of hydrogen-bond acceptors (Lipinski definition) is 5. The number of likely N-dealkylation sites (tertiary alicyclic amines) is 1. The van der Waals surface area contributed by atoms with E-state index in [4.69, 9.17) is 9.15 Å². The maximum atomic E-state index is 12.1. The van der Waals surface area contributed by atoms with E-state index in [0.29, 0.717) is 18.5 Å². The summed E-state index contributed by atoms with van der Waals surface area (Å²) in [5, 5.41) is 0. The molecule has 6 nitrogen and oxygen atoms in total. The molecule has 3 heterocycles. The van der Waals surface area contributed by atoms with Crippen molar-refractivity contribution in [2.24, 2.45) is 0 Å². The Morgan fingerprint density at radius 2 is 2.30 bits per heavy atom. The monoisotopic (exact) mass is 321 g/mol. The molecule has 1 amide bonds. The summed E-state index contributed by atoms with van der Waals surface area (Å²) in [4.78, 5) is 20.6. The van der Waals surface area contributed by atoms with Gasteiger partial charge in [-0.3, -0.25) is 9.69 Å². The maximum absolute atomic E-state index is 12.1. The van der Waals surface area contributed by atoms with Gasteiger partial charge in [-0.2, -0.15) is 0 Å². The van der Waals surface area contributed by atoms with Gasteiger partial charge in [-0.25, -0.2) is 4.98 Å². The average molecular weight is 321 g/mol. The average Bonchev–Trinajstić information content (AvgIpc) is 3.15.